The fraction of sp³-hybridized carbons (Fsp3) is 0. The Kier molecular flexibility index (Phi) is 2.33. The topological polar surface area (TPSA) is 38.9 Å². The first-order chi connectivity index (χ1) is 6.27. The van der Waals surface area contributed by atoms with E-state index in [0.717, 1.165) is 20.7 Å². The Bertz CT molecular complexity index is 408. The number of nitrogens with zero attached hydrogens (tertiary/aromatic N) is 1. The van der Waals surface area contributed by atoms with E-state index in [1.54, 1.807) is 11.3 Å². The average Bonchev–Trinajstić information content (AvgIpc) is 2.53. The van der Waals surface area contributed by atoms with Crippen LogP contribution < -0.4 is 5.73 Å². The molecule has 0 saturated carbocycles. The third-order valence-corrected chi connectivity index (χ3v) is 3.44. The van der Waals surface area contributed by atoms with Crippen LogP contribution >= 0.6 is 27.3 Å². The third kappa shape index (κ3) is 1.73. The maximum Gasteiger partial charge on any atom is 0.124 e. The summed E-state index contributed by atoms with van der Waals surface area (Å²) in [6.07, 6.45) is 0. The molecule has 1 heterocycles. The SMILES string of the molecule is Nc1ccc(-c2scnc2Br)cc1. The van der Waals surface area contributed by atoms with Crippen molar-refractivity contribution in [1.29, 1.82) is 0 Å². The number of thiazole rings is 1. The van der Waals surface area contributed by atoms with Gasteiger partial charge in [-0.2, -0.15) is 0 Å². The summed E-state index contributed by atoms with van der Waals surface area (Å²) in [6, 6.07) is 7.77. The first-order valence-electron chi connectivity index (χ1n) is 3.72. The van der Waals surface area contributed by atoms with Crippen molar-refractivity contribution in [3.05, 3.63) is 34.4 Å². The maximum absolute atomic E-state index is 5.59. The number of hydrogen-bond donors (Lipinski definition) is 1. The molecule has 0 aliphatic heterocycles. The molecule has 2 aromatic rings. The molecule has 4 heteroatoms. The molecule has 0 spiro atoms. The molecule has 13 heavy (non-hydrogen) atoms. The lowest BCUT2D eigenvalue weighted by molar-refractivity contribution is 1.37. The van der Waals surface area contributed by atoms with Crippen LogP contribution in [0, 0.1) is 0 Å². The van der Waals surface area contributed by atoms with Gasteiger partial charge in [-0.05, 0) is 33.6 Å². The molecule has 1 aromatic heterocycles. The molecule has 0 unspecified atom stereocenters. The number of nitrogen functional groups attached to an aromatic ring is 1. The highest BCUT2D eigenvalue weighted by Crippen LogP contribution is 2.31. The van der Waals surface area contributed by atoms with E-state index >= 15 is 0 Å². The van der Waals surface area contributed by atoms with Gasteiger partial charge in [0.1, 0.15) is 4.60 Å². The van der Waals surface area contributed by atoms with Gasteiger partial charge in [0.05, 0.1) is 10.4 Å². The zero-order valence-corrected chi connectivity index (χ0v) is 9.10. The van der Waals surface area contributed by atoms with Gasteiger partial charge in [-0.1, -0.05) is 12.1 Å². The van der Waals surface area contributed by atoms with Gasteiger partial charge >= 0.3 is 0 Å². The molecule has 0 aliphatic rings. The number of rotatable bonds is 1. The lowest BCUT2D eigenvalue weighted by Gasteiger charge is -1.97. The van der Waals surface area contributed by atoms with E-state index in [1.165, 1.54) is 0 Å². The minimum absolute atomic E-state index is 0.782. The van der Waals surface area contributed by atoms with Crippen LogP contribution in [0.5, 0.6) is 0 Å². The smallest absolute Gasteiger partial charge is 0.124 e. The van der Waals surface area contributed by atoms with Gasteiger partial charge in [0.15, 0.2) is 0 Å². The van der Waals surface area contributed by atoms with Crippen molar-refractivity contribution >= 4 is 33.0 Å². The summed E-state index contributed by atoms with van der Waals surface area (Å²) in [5.74, 6) is 0. The highest BCUT2D eigenvalue weighted by molar-refractivity contribution is 9.10. The van der Waals surface area contributed by atoms with Crippen molar-refractivity contribution in [1.82, 2.24) is 4.98 Å². The third-order valence-electron chi connectivity index (χ3n) is 1.70. The van der Waals surface area contributed by atoms with Gasteiger partial charge in [-0.3, -0.25) is 0 Å². The summed E-state index contributed by atoms with van der Waals surface area (Å²) in [5.41, 5.74) is 9.33. The van der Waals surface area contributed by atoms with Gasteiger partial charge in [0, 0.05) is 5.69 Å². The molecule has 2 nitrogen and oxygen atoms in total. The zero-order chi connectivity index (χ0) is 9.26. The highest BCUT2D eigenvalue weighted by Gasteiger charge is 2.04. The molecular formula is C9H7BrN2S. The second kappa shape index (κ2) is 3.47. The molecule has 0 amide bonds. The molecule has 0 fully saturated rings. The highest BCUT2D eigenvalue weighted by atomic mass is 79.9. The molecule has 1 aromatic carbocycles. The van der Waals surface area contributed by atoms with Crippen molar-refractivity contribution in [2.24, 2.45) is 0 Å². The molecule has 66 valence electrons. The van der Waals surface area contributed by atoms with E-state index in [2.05, 4.69) is 20.9 Å². The maximum atomic E-state index is 5.59. The number of anilines is 1. The standard InChI is InChI=1S/C9H7BrN2S/c10-9-8(13-5-12-9)6-1-3-7(11)4-2-6/h1-5H,11H2. The molecule has 0 aliphatic carbocycles. The molecule has 2 N–H and O–H groups in total. The predicted octanol–water partition coefficient (Wildman–Crippen LogP) is 3.15. The van der Waals surface area contributed by atoms with Crippen LogP contribution in [-0.4, -0.2) is 4.98 Å². The Hall–Kier alpha value is -0.870. The Morgan fingerprint density at radius 2 is 1.92 bits per heavy atom. The quantitative estimate of drug-likeness (QED) is 0.795. The largest absolute Gasteiger partial charge is 0.399 e. The van der Waals surface area contributed by atoms with Crippen LogP contribution in [0.15, 0.2) is 34.4 Å². The normalized spacial score (nSPS) is 10.2. The van der Waals surface area contributed by atoms with Crippen LogP contribution in [0.25, 0.3) is 10.4 Å². The Balaban J connectivity index is 2.47. The lowest BCUT2D eigenvalue weighted by atomic mass is 10.2. The van der Waals surface area contributed by atoms with Crippen LogP contribution in [0.1, 0.15) is 0 Å². The van der Waals surface area contributed by atoms with E-state index in [1.807, 2.05) is 29.8 Å². The second-order valence-corrected chi connectivity index (χ2v) is 4.20. The lowest BCUT2D eigenvalue weighted by Crippen LogP contribution is -1.82. The van der Waals surface area contributed by atoms with Crippen molar-refractivity contribution in [2.75, 3.05) is 5.73 Å². The van der Waals surface area contributed by atoms with E-state index in [4.69, 9.17) is 5.73 Å². The first kappa shape index (κ1) is 8.72. The number of aromatic nitrogens is 1. The Labute approximate surface area is 88.6 Å². The molecule has 0 saturated heterocycles. The zero-order valence-electron chi connectivity index (χ0n) is 6.70. The van der Waals surface area contributed by atoms with Crippen molar-refractivity contribution in [3.63, 3.8) is 0 Å². The molecular weight excluding hydrogens is 248 g/mol. The fourth-order valence-electron chi connectivity index (χ4n) is 1.05. The summed E-state index contributed by atoms with van der Waals surface area (Å²) in [6.45, 7) is 0. The van der Waals surface area contributed by atoms with Crippen molar-refractivity contribution < 1.29 is 0 Å². The fourth-order valence-corrected chi connectivity index (χ4v) is 2.49. The van der Waals surface area contributed by atoms with Crippen LogP contribution in [0.2, 0.25) is 0 Å². The van der Waals surface area contributed by atoms with Crippen LogP contribution in [0.3, 0.4) is 0 Å². The molecule has 0 radical (unpaired) electrons. The second-order valence-electron chi connectivity index (χ2n) is 2.59. The minimum Gasteiger partial charge on any atom is -0.399 e. The van der Waals surface area contributed by atoms with Crippen molar-refractivity contribution in [2.45, 2.75) is 0 Å². The van der Waals surface area contributed by atoms with E-state index in [-0.39, 0.29) is 0 Å². The summed E-state index contributed by atoms with van der Waals surface area (Å²) in [4.78, 5) is 5.26. The molecule has 0 atom stereocenters. The summed E-state index contributed by atoms with van der Waals surface area (Å²) >= 11 is 5.00. The Morgan fingerprint density at radius 1 is 1.23 bits per heavy atom. The van der Waals surface area contributed by atoms with Crippen LogP contribution in [0.4, 0.5) is 5.69 Å². The van der Waals surface area contributed by atoms with Crippen LogP contribution in [-0.2, 0) is 0 Å². The molecule has 2 rings (SSSR count). The van der Waals surface area contributed by atoms with E-state index < -0.39 is 0 Å². The monoisotopic (exact) mass is 254 g/mol. The number of halogens is 1. The van der Waals surface area contributed by atoms with E-state index in [0.29, 0.717) is 0 Å². The van der Waals surface area contributed by atoms with Gasteiger partial charge in [0.2, 0.25) is 0 Å². The summed E-state index contributed by atoms with van der Waals surface area (Å²) < 4.78 is 0.891. The predicted molar refractivity (Wildman–Crippen MR) is 59.7 cm³/mol. The number of nitrogens with two attached hydrogens (primary N) is 1. The van der Waals surface area contributed by atoms with Crippen molar-refractivity contribution in [3.8, 4) is 10.4 Å². The Morgan fingerprint density at radius 3 is 2.46 bits per heavy atom. The number of benzene rings is 1. The minimum atomic E-state index is 0.782. The van der Waals surface area contributed by atoms with E-state index in [9.17, 15) is 0 Å². The average molecular weight is 255 g/mol. The van der Waals surface area contributed by atoms with Gasteiger partial charge in [-0.15, -0.1) is 11.3 Å². The van der Waals surface area contributed by atoms with Gasteiger partial charge in [-0.25, -0.2) is 4.98 Å². The first-order valence-corrected chi connectivity index (χ1v) is 5.39. The molecule has 0 bridgehead atoms. The van der Waals surface area contributed by atoms with Gasteiger partial charge in [0.25, 0.3) is 0 Å². The van der Waals surface area contributed by atoms with Gasteiger partial charge < -0.3 is 5.73 Å². The summed E-state index contributed by atoms with van der Waals surface area (Å²) in [7, 11) is 0. The summed E-state index contributed by atoms with van der Waals surface area (Å²) in [5, 5.41) is 0. The number of hydrogen-bond acceptors (Lipinski definition) is 3.